The summed E-state index contributed by atoms with van der Waals surface area (Å²) in [5.41, 5.74) is 1.28. The lowest BCUT2D eigenvalue weighted by molar-refractivity contribution is 0.0695. The molecule has 0 spiro atoms. The van der Waals surface area contributed by atoms with E-state index in [1.54, 1.807) is 19.2 Å². The smallest absolute Gasteiger partial charge is 0.335 e. The first-order valence-electron chi connectivity index (χ1n) is 6.16. The van der Waals surface area contributed by atoms with Crippen LogP contribution in [0.5, 0.6) is 0 Å². The second-order valence-corrected chi connectivity index (χ2v) is 4.53. The van der Waals surface area contributed by atoms with Crippen molar-refractivity contribution in [2.45, 2.75) is 6.54 Å². The van der Waals surface area contributed by atoms with Crippen molar-refractivity contribution in [1.82, 2.24) is 9.88 Å². The average Bonchev–Trinajstić information content (AvgIpc) is 2.47. The van der Waals surface area contributed by atoms with Gasteiger partial charge in [-0.2, -0.15) is 4.39 Å². The standard InChI is InChI=1S/C15H13FN2O3/c1-18(14(19)12-6-7-13(16)17-8-12)9-10-2-4-11(5-3-10)15(20)21/h2-8H,9H2,1H3,(H,20,21). The minimum atomic E-state index is -0.997. The number of hydrogen-bond acceptors (Lipinski definition) is 3. The summed E-state index contributed by atoms with van der Waals surface area (Å²) >= 11 is 0. The van der Waals surface area contributed by atoms with E-state index >= 15 is 0 Å². The third-order valence-electron chi connectivity index (χ3n) is 2.94. The Balaban J connectivity index is 2.06. The molecule has 6 heteroatoms. The summed E-state index contributed by atoms with van der Waals surface area (Å²) in [5, 5.41) is 8.81. The molecule has 0 fully saturated rings. The molecule has 1 amide bonds. The zero-order valence-corrected chi connectivity index (χ0v) is 11.3. The highest BCUT2D eigenvalue weighted by atomic mass is 19.1. The van der Waals surface area contributed by atoms with Crippen LogP contribution in [0.3, 0.4) is 0 Å². The van der Waals surface area contributed by atoms with Gasteiger partial charge in [-0.15, -0.1) is 0 Å². The van der Waals surface area contributed by atoms with Crippen LogP contribution in [0.15, 0.2) is 42.6 Å². The van der Waals surface area contributed by atoms with E-state index in [2.05, 4.69) is 4.98 Å². The Kier molecular flexibility index (Phi) is 4.27. The van der Waals surface area contributed by atoms with Crippen LogP contribution < -0.4 is 0 Å². The monoisotopic (exact) mass is 288 g/mol. The number of halogens is 1. The van der Waals surface area contributed by atoms with Crippen LogP contribution in [0, 0.1) is 5.95 Å². The van der Waals surface area contributed by atoms with Gasteiger partial charge in [-0.25, -0.2) is 9.78 Å². The molecular formula is C15H13FN2O3. The zero-order valence-electron chi connectivity index (χ0n) is 11.3. The van der Waals surface area contributed by atoms with Gasteiger partial charge >= 0.3 is 5.97 Å². The summed E-state index contributed by atoms with van der Waals surface area (Å²) in [4.78, 5) is 27.7. The SMILES string of the molecule is CN(Cc1ccc(C(=O)O)cc1)C(=O)c1ccc(F)nc1. The number of rotatable bonds is 4. The molecule has 0 aliphatic carbocycles. The van der Waals surface area contributed by atoms with Gasteiger partial charge in [0.2, 0.25) is 5.95 Å². The lowest BCUT2D eigenvalue weighted by atomic mass is 10.1. The summed E-state index contributed by atoms with van der Waals surface area (Å²) in [5.74, 6) is -1.92. The molecule has 1 N–H and O–H groups in total. The normalized spacial score (nSPS) is 10.2. The van der Waals surface area contributed by atoms with Gasteiger partial charge in [-0.05, 0) is 29.8 Å². The molecule has 0 bridgehead atoms. The van der Waals surface area contributed by atoms with E-state index in [0.29, 0.717) is 12.1 Å². The summed E-state index contributed by atoms with van der Waals surface area (Å²) in [6, 6.07) is 8.76. The van der Waals surface area contributed by atoms with Crippen molar-refractivity contribution in [3.63, 3.8) is 0 Å². The Morgan fingerprint density at radius 3 is 2.29 bits per heavy atom. The maximum absolute atomic E-state index is 12.7. The first-order chi connectivity index (χ1) is 9.97. The molecule has 108 valence electrons. The number of carbonyl (C=O) groups is 2. The van der Waals surface area contributed by atoms with Crippen LogP contribution in [0.2, 0.25) is 0 Å². The number of carbonyl (C=O) groups excluding carboxylic acids is 1. The highest BCUT2D eigenvalue weighted by Crippen LogP contribution is 2.10. The van der Waals surface area contributed by atoms with E-state index < -0.39 is 11.9 Å². The molecular weight excluding hydrogens is 275 g/mol. The van der Waals surface area contributed by atoms with Crippen LogP contribution in [0.1, 0.15) is 26.3 Å². The van der Waals surface area contributed by atoms with E-state index in [1.165, 1.54) is 29.3 Å². The molecule has 0 unspecified atom stereocenters. The number of carboxylic acids is 1. The van der Waals surface area contributed by atoms with Crippen molar-refractivity contribution in [2.75, 3.05) is 7.05 Å². The molecule has 0 radical (unpaired) electrons. The van der Waals surface area contributed by atoms with E-state index in [9.17, 15) is 14.0 Å². The summed E-state index contributed by atoms with van der Waals surface area (Å²) in [7, 11) is 1.61. The molecule has 1 aromatic heterocycles. The summed E-state index contributed by atoms with van der Waals surface area (Å²) < 4.78 is 12.7. The van der Waals surface area contributed by atoms with E-state index in [-0.39, 0.29) is 11.5 Å². The summed E-state index contributed by atoms with van der Waals surface area (Å²) in [6.45, 7) is 0.316. The maximum Gasteiger partial charge on any atom is 0.335 e. The van der Waals surface area contributed by atoms with E-state index in [0.717, 1.165) is 11.6 Å². The van der Waals surface area contributed by atoms with Gasteiger partial charge in [0.05, 0.1) is 11.1 Å². The van der Waals surface area contributed by atoms with Crippen LogP contribution in [-0.2, 0) is 6.54 Å². The van der Waals surface area contributed by atoms with Crippen molar-refractivity contribution in [3.8, 4) is 0 Å². The molecule has 0 saturated heterocycles. The molecule has 0 aliphatic heterocycles. The molecule has 1 aromatic carbocycles. The fraction of sp³-hybridized carbons (Fsp3) is 0.133. The molecule has 0 aliphatic rings. The quantitative estimate of drug-likeness (QED) is 0.875. The number of carboxylic acid groups (broad SMARTS) is 1. The second kappa shape index (κ2) is 6.13. The number of hydrogen-bond donors (Lipinski definition) is 1. The van der Waals surface area contributed by atoms with Crippen molar-refractivity contribution >= 4 is 11.9 Å². The van der Waals surface area contributed by atoms with Crippen LogP contribution in [0.25, 0.3) is 0 Å². The predicted octanol–water partition coefficient (Wildman–Crippen LogP) is 2.19. The maximum atomic E-state index is 12.7. The van der Waals surface area contributed by atoms with Crippen LogP contribution >= 0.6 is 0 Å². The number of pyridine rings is 1. The Morgan fingerprint density at radius 1 is 1.14 bits per heavy atom. The molecule has 1 heterocycles. The van der Waals surface area contributed by atoms with Crippen LogP contribution in [0.4, 0.5) is 4.39 Å². The van der Waals surface area contributed by atoms with Gasteiger partial charge in [0, 0.05) is 19.8 Å². The Labute approximate surface area is 120 Å². The third-order valence-corrected chi connectivity index (χ3v) is 2.94. The van der Waals surface area contributed by atoms with Gasteiger partial charge in [-0.3, -0.25) is 4.79 Å². The highest BCUT2D eigenvalue weighted by Gasteiger charge is 2.13. The lowest BCUT2D eigenvalue weighted by Gasteiger charge is -2.17. The van der Waals surface area contributed by atoms with E-state index in [4.69, 9.17) is 5.11 Å². The molecule has 0 atom stereocenters. The minimum Gasteiger partial charge on any atom is -0.478 e. The first-order valence-corrected chi connectivity index (χ1v) is 6.16. The first kappa shape index (κ1) is 14.6. The van der Waals surface area contributed by atoms with Gasteiger partial charge in [0.25, 0.3) is 5.91 Å². The lowest BCUT2D eigenvalue weighted by Crippen LogP contribution is -2.26. The third kappa shape index (κ3) is 3.62. The Hall–Kier alpha value is -2.76. The van der Waals surface area contributed by atoms with Gasteiger partial charge < -0.3 is 10.0 Å². The fourth-order valence-electron chi connectivity index (χ4n) is 1.82. The molecule has 2 rings (SSSR count). The van der Waals surface area contributed by atoms with Gasteiger partial charge in [-0.1, -0.05) is 12.1 Å². The number of benzene rings is 1. The highest BCUT2D eigenvalue weighted by molar-refractivity contribution is 5.93. The van der Waals surface area contributed by atoms with Crippen LogP contribution in [-0.4, -0.2) is 33.9 Å². The molecule has 0 saturated carbocycles. The average molecular weight is 288 g/mol. The van der Waals surface area contributed by atoms with Crippen molar-refractivity contribution in [2.24, 2.45) is 0 Å². The Bertz CT molecular complexity index is 654. The van der Waals surface area contributed by atoms with Gasteiger partial charge in [0.15, 0.2) is 0 Å². The topological polar surface area (TPSA) is 70.5 Å². The van der Waals surface area contributed by atoms with Crippen molar-refractivity contribution < 1.29 is 19.1 Å². The molecule has 2 aromatic rings. The predicted molar refractivity (Wildman–Crippen MR) is 73.4 cm³/mol. The Morgan fingerprint density at radius 2 is 1.76 bits per heavy atom. The van der Waals surface area contributed by atoms with Gasteiger partial charge in [0.1, 0.15) is 0 Å². The number of aromatic carboxylic acids is 1. The fourth-order valence-corrected chi connectivity index (χ4v) is 1.82. The van der Waals surface area contributed by atoms with Crippen molar-refractivity contribution in [1.29, 1.82) is 0 Å². The number of amides is 1. The van der Waals surface area contributed by atoms with E-state index in [1.807, 2.05) is 0 Å². The minimum absolute atomic E-state index is 0.190. The van der Waals surface area contributed by atoms with Crippen molar-refractivity contribution in [3.05, 3.63) is 65.2 Å². The zero-order chi connectivity index (χ0) is 15.4. The number of nitrogens with zero attached hydrogens (tertiary/aromatic N) is 2. The molecule has 21 heavy (non-hydrogen) atoms. The second-order valence-electron chi connectivity index (χ2n) is 4.53. The molecule has 5 nitrogen and oxygen atoms in total. The number of aromatic nitrogens is 1. The largest absolute Gasteiger partial charge is 0.478 e. The summed E-state index contributed by atoms with van der Waals surface area (Å²) in [6.07, 6.45) is 1.18.